The minimum Gasteiger partial charge on any atom is -0.226 e. The highest BCUT2D eigenvalue weighted by Crippen LogP contribution is 2.24. The maximum absolute atomic E-state index is 8.74. The lowest BCUT2D eigenvalue weighted by Crippen LogP contribution is -1.82. The molecule has 1 aromatic heterocycles. The van der Waals surface area contributed by atoms with Gasteiger partial charge in [-0.25, -0.2) is 4.98 Å². The zero-order valence-corrected chi connectivity index (χ0v) is 8.34. The van der Waals surface area contributed by atoms with E-state index in [0.29, 0.717) is 5.01 Å². The molecule has 0 radical (unpaired) electrons. The topological polar surface area (TPSA) is 36.7 Å². The number of aromatic nitrogens is 1. The summed E-state index contributed by atoms with van der Waals surface area (Å²) in [6.45, 7) is 3.70. The molecule has 0 amide bonds. The second-order valence-electron chi connectivity index (χ2n) is 2.89. The Balaban J connectivity index is 2.67. The summed E-state index contributed by atoms with van der Waals surface area (Å²) >= 11 is 1.43. The van der Waals surface area contributed by atoms with Gasteiger partial charge >= 0.3 is 0 Å². The highest BCUT2D eigenvalue weighted by molar-refractivity contribution is 7.19. The van der Waals surface area contributed by atoms with E-state index >= 15 is 0 Å². The van der Waals surface area contributed by atoms with Crippen LogP contribution >= 0.6 is 11.3 Å². The number of benzene rings is 1. The van der Waals surface area contributed by atoms with Crippen LogP contribution in [0.2, 0.25) is 0 Å². The van der Waals surface area contributed by atoms with Gasteiger partial charge in [0.25, 0.3) is 0 Å². The van der Waals surface area contributed by atoms with Crippen molar-refractivity contribution < 1.29 is 0 Å². The molecular weight excluding hydrogens is 192 g/mol. The highest BCUT2D eigenvalue weighted by atomic mass is 32.1. The first-order valence-corrected chi connectivity index (χ1v) is 5.06. The third-order valence-corrected chi connectivity index (χ3v) is 2.89. The molecule has 0 aliphatic heterocycles. The van der Waals surface area contributed by atoms with Crippen molar-refractivity contribution in [3.8, 4) is 6.07 Å². The molecule has 2 nitrogen and oxygen atoms in total. The van der Waals surface area contributed by atoms with Gasteiger partial charge in [0.15, 0.2) is 5.01 Å². The summed E-state index contributed by atoms with van der Waals surface area (Å²) in [7, 11) is 0. The normalized spacial score (nSPS) is 9.93. The van der Waals surface area contributed by atoms with E-state index < -0.39 is 0 Å². The van der Waals surface area contributed by atoms with Crippen molar-refractivity contribution in [2.24, 2.45) is 0 Å². The number of rotatable bonds is 2. The molecule has 0 spiro atoms. The van der Waals surface area contributed by atoms with Crippen LogP contribution in [0, 0.1) is 11.3 Å². The van der Waals surface area contributed by atoms with Gasteiger partial charge in [-0.05, 0) is 18.1 Å². The Kier molecular flexibility index (Phi) is 2.30. The fourth-order valence-electron chi connectivity index (χ4n) is 1.37. The molecule has 0 atom stereocenters. The minimum absolute atomic E-state index is 0.525. The van der Waals surface area contributed by atoms with Gasteiger partial charge in [0, 0.05) is 0 Å². The lowest BCUT2D eigenvalue weighted by Gasteiger charge is -1.95. The molecule has 1 aromatic carbocycles. The molecule has 0 aliphatic carbocycles. The lowest BCUT2D eigenvalue weighted by molar-refractivity contribution is 1.27. The van der Waals surface area contributed by atoms with Crippen LogP contribution in [0.4, 0.5) is 0 Å². The Bertz CT molecular complexity index is 520. The van der Waals surface area contributed by atoms with Gasteiger partial charge in [0.05, 0.1) is 10.2 Å². The van der Waals surface area contributed by atoms with E-state index in [1.54, 1.807) is 0 Å². The van der Waals surface area contributed by atoms with Crippen molar-refractivity contribution in [3.05, 3.63) is 41.4 Å². The summed E-state index contributed by atoms with van der Waals surface area (Å²) in [6.07, 6.45) is 2.64. The van der Waals surface area contributed by atoms with E-state index in [1.807, 2.05) is 24.3 Å². The molecule has 0 aliphatic rings. The SMILES string of the molecule is C=CCc1cccc2sc(C#N)nc12. The van der Waals surface area contributed by atoms with Gasteiger partial charge < -0.3 is 0 Å². The van der Waals surface area contributed by atoms with Crippen LogP contribution in [0.25, 0.3) is 10.2 Å². The van der Waals surface area contributed by atoms with E-state index in [9.17, 15) is 0 Å². The number of thiazole rings is 1. The van der Waals surface area contributed by atoms with Crippen LogP contribution in [-0.4, -0.2) is 4.98 Å². The van der Waals surface area contributed by atoms with E-state index in [-0.39, 0.29) is 0 Å². The van der Waals surface area contributed by atoms with Gasteiger partial charge in [0.2, 0.25) is 0 Å². The monoisotopic (exact) mass is 200 g/mol. The largest absolute Gasteiger partial charge is 0.226 e. The smallest absolute Gasteiger partial charge is 0.195 e. The first-order valence-electron chi connectivity index (χ1n) is 4.24. The van der Waals surface area contributed by atoms with Crippen LogP contribution in [0.3, 0.4) is 0 Å². The highest BCUT2D eigenvalue weighted by Gasteiger charge is 2.05. The average Bonchev–Trinajstić information content (AvgIpc) is 2.62. The summed E-state index contributed by atoms with van der Waals surface area (Å²) in [5.74, 6) is 0. The van der Waals surface area contributed by atoms with Gasteiger partial charge in [-0.2, -0.15) is 5.26 Å². The Morgan fingerprint density at radius 1 is 1.57 bits per heavy atom. The van der Waals surface area contributed by atoms with Gasteiger partial charge in [-0.15, -0.1) is 17.9 Å². The minimum atomic E-state index is 0.525. The lowest BCUT2D eigenvalue weighted by atomic mass is 10.1. The predicted octanol–water partition coefficient (Wildman–Crippen LogP) is 2.90. The fraction of sp³-hybridized carbons (Fsp3) is 0.0909. The van der Waals surface area contributed by atoms with Gasteiger partial charge in [-0.3, -0.25) is 0 Å². The number of hydrogen-bond acceptors (Lipinski definition) is 3. The molecule has 3 heteroatoms. The third kappa shape index (κ3) is 1.40. The summed E-state index contributed by atoms with van der Waals surface area (Å²) < 4.78 is 1.07. The van der Waals surface area contributed by atoms with Crippen molar-refractivity contribution in [2.45, 2.75) is 6.42 Å². The van der Waals surface area contributed by atoms with Gasteiger partial charge in [0.1, 0.15) is 6.07 Å². The standard InChI is InChI=1S/C11H8N2S/c1-2-4-8-5-3-6-9-11(8)13-10(7-12)14-9/h2-3,5-6H,1,4H2. The number of nitrogens with zero attached hydrogens (tertiary/aromatic N) is 2. The molecule has 0 saturated carbocycles. The van der Waals surface area contributed by atoms with Crippen LogP contribution in [0.15, 0.2) is 30.9 Å². The Morgan fingerprint density at radius 3 is 3.14 bits per heavy atom. The molecular formula is C11H8N2S. The number of para-hydroxylation sites is 1. The Morgan fingerprint density at radius 2 is 2.43 bits per heavy atom. The molecule has 0 saturated heterocycles. The number of allylic oxidation sites excluding steroid dienone is 1. The second-order valence-corrected chi connectivity index (χ2v) is 3.92. The molecule has 2 rings (SSSR count). The molecule has 68 valence electrons. The summed E-state index contributed by atoms with van der Waals surface area (Å²) in [5, 5.41) is 9.26. The number of hydrogen-bond donors (Lipinski definition) is 0. The van der Waals surface area contributed by atoms with E-state index in [0.717, 1.165) is 22.2 Å². The summed E-state index contributed by atoms with van der Waals surface area (Å²) in [6, 6.07) is 8.06. The van der Waals surface area contributed by atoms with Crippen molar-refractivity contribution in [1.29, 1.82) is 5.26 Å². The molecule has 14 heavy (non-hydrogen) atoms. The Hall–Kier alpha value is -1.66. The van der Waals surface area contributed by atoms with Crippen molar-refractivity contribution in [2.75, 3.05) is 0 Å². The molecule has 2 aromatic rings. The molecule has 0 N–H and O–H groups in total. The molecule has 0 unspecified atom stereocenters. The summed E-state index contributed by atoms with van der Waals surface area (Å²) in [5.41, 5.74) is 2.07. The zero-order valence-electron chi connectivity index (χ0n) is 7.53. The van der Waals surface area contributed by atoms with E-state index in [4.69, 9.17) is 5.26 Å². The zero-order chi connectivity index (χ0) is 9.97. The Labute approximate surface area is 86.1 Å². The van der Waals surface area contributed by atoms with Crippen molar-refractivity contribution in [3.63, 3.8) is 0 Å². The number of fused-ring (bicyclic) bond motifs is 1. The van der Waals surface area contributed by atoms with Crippen molar-refractivity contribution in [1.82, 2.24) is 4.98 Å². The quantitative estimate of drug-likeness (QED) is 0.699. The maximum atomic E-state index is 8.74. The molecule has 1 heterocycles. The first-order chi connectivity index (χ1) is 6.85. The second kappa shape index (κ2) is 3.60. The fourth-order valence-corrected chi connectivity index (χ4v) is 2.18. The van der Waals surface area contributed by atoms with Crippen LogP contribution in [-0.2, 0) is 6.42 Å². The van der Waals surface area contributed by atoms with Crippen LogP contribution in [0.5, 0.6) is 0 Å². The van der Waals surface area contributed by atoms with Crippen molar-refractivity contribution >= 4 is 21.6 Å². The third-order valence-electron chi connectivity index (χ3n) is 1.96. The van der Waals surface area contributed by atoms with Crippen LogP contribution in [0.1, 0.15) is 10.6 Å². The molecule has 0 fully saturated rings. The number of nitriles is 1. The first kappa shape index (κ1) is 8.92. The van der Waals surface area contributed by atoms with Crippen LogP contribution < -0.4 is 0 Å². The average molecular weight is 200 g/mol. The predicted molar refractivity (Wildman–Crippen MR) is 58.2 cm³/mol. The molecule has 0 bridgehead atoms. The van der Waals surface area contributed by atoms with Gasteiger partial charge in [-0.1, -0.05) is 18.2 Å². The maximum Gasteiger partial charge on any atom is 0.195 e. The van der Waals surface area contributed by atoms with E-state index in [2.05, 4.69) is 17.6 Å². The summed E-state index contributed by atoms with van der Waals surface area (Å²) in [4.78, 5) is 4.26. The van der Waals surface area contributed by atoms with E-state index in [1.165, 1.54) is 11.3 Å².